The normalized spacial score (nSPS) is 13.3. The van der Waals surface area contributed by atoms with Crippen LogP contribution in [-0.4, -0.2) is 36.8 Å². The first-order valence-electron chi connectivity index (χ1n) is 6.75. The highest BCUT2D eigenvalue weighted by atomic mass is 16.5. The van der Waals surface area contributed by atoms with E-state index >= 15 is 0 Å². The number of aliphatic carboxylic acids is 1. The fourth-order valence-corrected chi connectivity index (χ4v) is 1.62. The van der Waals surface area contributed by atoms with Crippen molar-refractivity contribution in [3.63, 3.8) is 0 Å². The summed E-state index contributed by atoms with van der Waals surface area (Å²) in [6.07, 6.45) is 0.744. The van der Waals surface area contributed by atoms with Crippen LogP contribution in [0.5, 0.6) is 5.75 Å². The van der Waals surface area contributed by atoms with Crippen molar-refractivity contribution in [2.75, 3.05) is 13.7 Å². The smallest absolute Gasteiger partial charge is 0.330 e. The van der Waals surface area contributed by atoms with Crippen LogP contribution in [0, 0.1) is 0 Å². The van der Waals surface area contributed by atoms with Crippen molar-refractivity contribution < 1.29 is 24.2 Å². The van der Waals surface area contributed by atoms with Gasteiger partial charge >= 0.3 is 5.97 Å². The Morgan fingerprint density at radius 3 is 2.38 bits per heavy atom. The molecule has 2 unspecified atom stereocenters. The fourth-order valence-electron chi connectivity index (χ4n) is 1.62. The molecule has 1 aromatic carbocycles. The summed E-state index contributed by atoms with van der Waals surface area (Å²) in [4.78, 5) is 23.0. The van der Waals surface area contributed by atoms with Gasteiger partial charge in [0.25, 0.3) is 0 Å². The van der Waals surface area contributed by atoms with E-state index in [9.17, 15) is 14.7 Å². The second-order valence-corrected chi connectivity index (χ2v) is 4.64. The number of carboxylic acids is 1. The molecule has 0 aliphatic heterocycles. The molecule has 0 spiro atoms. The highest BCUT2D eigenvalue weighted by Crippen LogP contribution is 2.18. The molecular formula is C15H21NO5. The molecule has 1 rings (SSSR count). The molecule has 116 valence electrons. The molecule has 1 aromatic rings. The number of ether oxygens (including phenoxy) is 2. The molecule has 2 N–H and O–H groups in total. The number of nitrogens with one attached hydrogen (secondary N) is 1. The minimum Gasteiger partial charge on any atom is -0.497 e. The van der Waals surface area contributed by atoms with E-state index in [0.29, 0.717) is 11.3 Å². The average molecular weight is 295 g/mol. The Hall–Kier alpha value is -2.08. The number of hydrogen-bond acceptors (Lipinski definition) is 4. The largest absolute Gasteiger partial charge is 0.497 e. The van der Waals surface area contributed by atoms with Crippen LogP contribution in [0.15, 0.2) is 24.3 Å². The predicted octanol–water partition coefficient (Wildman–Crippen LogP) is 1.75. The zero-order chi connectivity index (χ0) is 15.8. The minimum atomic E-state index is -1.13. The lowest BCUT2D eigenvalue weighted by molar-refractivity contribution is -0.143. The first kappa shape index (κ1) is 17.0. The Morgan fingerprint density at radius 2 is 1.90 bits per heavy atom. The Kier molecular flexibility index (Phi) is 6.68. The van der Waals surface area contributed by atoms with Crippen molar-refractivity contribution in [2.45, 2.75) is 32.4 Å². The van der Waals surface area contributed by atoms with E-state index < -0.39 is 17.9 Å². The molecule has 0 saturated heterocycles. The fraction of sp³-hybridized carbons (Fsp3) is 0.467. The zero-order valence-electron chi connectivity index (χ0n) is 12.5. The Balaban J connectivity index is 2.68. The van der Waals surface area contributed by atoms with E-state index in [1.807, 2.05) is 13.8 Å². The van der Waals surface area contributed by atoms with Gasteiger partial charge in [-0.3, -0.25) is 4.79 Å². The van der Waals surface area contributed by atoms with Gasteiger partial charge in [0.1, 0.15) is 12.4 Å². The van der Waals surface area contributed by atoms with Gasteiger partial charge in [-0.05, 0) is 31.0 Å². The van der Waals surface area contributed by atoms with Gasteiger partial charge < -0.3 is 19.9 Å². The standard InChI is InChI=1S/C15H21NO5/c1-4-10(2)21-9-13(17)16-14(15(18)19)11-5-7-12(20-3)8-6-11/h5-8,10,14H,4,9H2,1-3H3,(H,16,17)(H,18,19). The number of amides is 1. The minimum absolute atomic E-state index is 0.0417. The van der Waals surface area contributed by atoms with Gasteiger partial charge in [-0.1, -0.05) is 19.1 Å². The van der Waals surface area contributed by atoms with Crippen LogP contribution in [0.4, 0.5) is 0 Å². The van der Waals surface area contributed by atoms with Crippen molar-refractivity contribution in [3.8, 4) is 5.75 Å². The van der Waals surface area contributed by atoms with Gasteiger partial charge in [-0.25, -0.2) is 4.79 Å². The van der Waals surface area contributed by atoms with E-state index in [1.54, 1.807) is 24.3 Å². The summed E-state index contributed by atoms with van der Waals surface area (Å²) in [6, 6.07) is 5.39. The van der Waals surface area contributed by atoms with E-state index in [4.69, 9.17) is 9.47 Å². The predicted molar refractivity (Wildman–Crippen MR) is 77.2 cm³/mol. The van der Waals surface area contributed by atoms with E-state index in [2.05, 4.69) is 5.32 Å². The number of carbonyl (C=O) groups is 2. The molecule has 0 aliphatic carbocycles. The summed E-state index contributed by atoms with van der Waals surface area (Å²) in [5.41, 5.74) is 0.472. The van der Waals surface area contributed by atoms with Crippen LogP contribution < -0.4 is 10.1 Å². The van der Waals surface area contributed by atoms with Gasteiger partial charge in [0.05, 0.1) is 13.2 Å². The van der Waals surface area contributed by atoms with Gasteiger partial charge in [0.15, 0.2) is 6.04 Å². The molecule has 0 bridgehead atoms. The Morgan fingerprint density at radius 1 is 1.29 bits per heavy atom. The van der Waals surface area contributed by atoms with Crippen molar-refractivity contribution in [3.05, 3.63) is 29.8 Å². The molecular weight excluding hydrogens is 274 g/mol. The SMILES string of the molecule is CCC(C)OCC(=O)NC(C(=O)O)c1ccc(OC)cc1. The van der Waals surface area contributed by atoms with Crippen LogP contribution >= 0.6 is 0 Å². The monoisotopic (exact) mass is 295 g/mol. The van der Waals surface area contributed by atoms with Crippen LogP contribution in [-0.2, 0) is 14.3 Å². The third-order valence-electron chi connectivity index (χ3n) is 3.08. The zero-order valence-corrected chi connectivity index (χ0v) is 12.5. The maximum absolute atomic E-state index is 11.8. The summed E-state index contributed by atoms with van der Waals surface area (Å²) in [7, 11) is 1.53. The van der Waals surface area contributed by atoms with Gasteiger partial charge in [0.2, 0.25) is 5.91 Å². The number of methoxy groups -OCH3 is 1. The molecule has 2 atom stereocenters. The number of carbonyl (C=O) groups excluding carboxylic acids is 1. The number of carboxylic acid groups (broad SMARTS) is 1. The van der Waals surface area contributed by atoms with E-state index in [0.717, 1.165) is 6.42 Å². The van der Waals surface area contributed by atoms with Crippen molar-refractivity contribution in [1.82, 2.24) is 5.32 Å². The Labute approximate surface area is 124 Å². The molecule has 1 amide bonds. The maximum atomic E-state index is 11.8. The van der Waals surface area contributed by atoms with Crippen molar-refractivity contribution in [1.29, 1.82) is 0 Å². The van der Waals surface area contributed by atoms with Gasteiger partial charge in [-0.2, -0.15) is 0 Å². The highest BCUT2D eigenvalue weighted by molar-refractivity contribution is 5.85. The van der Waals surface area contributed by atoms with Crippen LogP contribution in [0.1, 0.15) is 31.9 Å². The second-order valence-electron chi connectivity index (χ2n) is 4.64. The second kappa shape index (κ2) is 8.26. The first-order valence-corrected chi connectivity index (χ1v) is 6.75. The summed E-state index contributed by atoms with van der Waals surface area (Å²) in [5, 5.41) is 11.7. The maximum Gasteiger partial charge on any atom is 0.330 e. The molecule has 0 aliphatic rings. The van der Waals surface area contributed by atoms with Crippen molar-refractivity contribution >= 4 is 11.9 Å². The molecule has 0 saturated carbocycles. The molecule has 0 heterocycles. The lowest BCUT2D eigenvalue weighted by Gasteiger charge is -2.16. The third kappa shape index (κ3) is 5.43. The molecule has 21 heavy (non-hydrogen) atoms. The summed E-state index contributed by atoms with van der Waals surface area (Å²) in [5.74, 6) is -0.968. The quantitative estimate of drug-likeness (QED) is 0.763. The highest BCUT2D eigenvalue weighted by Gasteiger charge is 2.22. The van der Waals surface area contributed by atoms with Gasteiger partial charge in [0, 0.05) is 0 Å². The molecule has 6 heteroatoms. The lowest BCUT2D eigenvalue weighted by Crippen LogP contribution is -2.36. The van der Waals surface area contributed by atoms with Gasteiger partial charge in [-0.15, -0.1) is 0 Å². The topological polar surface area (TPSA) is 84.9 Å². The Bertz CT molecular complexity index is 471. The number of rotatable bonds is 8. The third-order valence-corrected chi connectivity index (χ3v) is 3.08. The molecule has 6 nitrogen and oxygen atoms in total. The lowest BCUT2D eigenvalue weighted by atomic mass is 10.1. The number of benzene rings is 1. The van der Waals surface area contributed by atoms with E-state index in [-0.39, 0.29) is 12.7 Å². The summed E-state index contributed by atoms with van der Waals surface area (Å²) in [6.45, 7) is 3.64. The van der Waals surface area contributed by atoms with Crippen molar-refractivity contribution in [2.24, 2.45) is 0 Å². The molecule has 0 radical (unpaired) electrons. The summed E-state index contributed by atoms with van der Waals surface area (Å²) >= 11 is 0. The average Bonchev–Trinajstić information content (AvgIpc) is 2.50. The number of hydrogen-bond donors (Lipinski definition) is 2. The van der Waals surface area contributed by atoms with Crippen LogP contribution in [0.25, 0.3) is 0 Å². The van der Waals surface area contributed by atoms with Crippen LogP contribution in [0.2, 0.25) is 0 Å². The van der Waals surface area contributed by atoms with E-state index in [1.165, 1.54) is 7.11 Å². The molecule has 0 aromatic heterocycles. The summed E-state index contributed by atoms with van der Waals surface area (Å²) < 4.78 is 10.3. The molecule has 0 fully saturated rings. The first-order chi connectivity index (χ1) is 9.97. The van der Waals surface area contributed by atoms with Crippen LogP contribution in [0.3, 0.4) is 0 Å².